The Morgan fingerprint density at radius 1 is 0.964 bits per heavy atom. The van der Waals surface area contributed by atoms with Crippen molar-refractivity contribution in [1.29, 1.82) is 0 Å². The smallest absolute Gasteiger partial charge is 0.0167 e. The number of allylic oxidation sites excluding steroid dienone is 2. The van der Waals surface area contributed by atoms with Gasteiger partial charge in [-0.3, -0.25) is 0 Å². The maximum absolute atomic E-state index is 3.93. The first-order chi connectivity index (χ1) is 13.9. The molecule has 0 spiro atoms. The maximum Gasteiger partial charge on any atom is 0.0167 e. The van der Waals surface area contributed by atoms with Gasteiger partial charge in [0.05, 0.1) is 0 Å². The number of unbranched alkanes of at least 4 members (excludes halogenated alkanes) is 1. The van der Waals surface area contributed by atoms with Gasteiger partial charge in [0.25, 0.3) is 0 Å². The zero-order valence-electron chi connectivity index (χ0n) is 16.2. The number of benzene rings is 3. The molecule has 28 heavy (non-hydrogen) atoms. The second kappa shape index (κ2) is 7.28. The first kappa shape index (κ1) is 17.3. The number of fused-ring (bicyclic) bond motifs is 4. The zero-order chi connectivity index (χ0) is 18.9. The largest absolute Gasteiger partial charge is 0.103 e. The predicted molar refractivity (Wildman–Crippen MR) is 118 cm³/mol. The molecule has 0 aliphatic heterocycles. The van der Waals surface area contributed by atoms with Crippen LogP contribution in [0.4, 0.5) is 0 Å². The van der Waals surface area contributed by atoms with Crippen LogP contribution in [0.2, 0.25) is 0 Å². The molecule has 1 radical (unpaired) electrons. The Hall–Kier alpha value is -2.86. The normalized spacial score (nSPS) is 17.1. The van der Waals surface area contributed by atoms with Gasteiger partial charge in [0.1, 0.15) is 0 Å². The Labute approximate surface area is 168 Å². The summed E-state index contributed by atoms with van der Waals surface area (Å²) in [6.07, 6.45) is 12.4. The van der Waals surface area contributed by atoms with E-state index in [-0.39, 0.29) is 0 Å². The van der Waals surface area contributed by atoms with Crippen molar-refractivity contribution < 1.29 is 0 Å². The summed E-state index contributed by atoms with van der Waals surface area (Å²) >= 11 is 0. The lowest BCUT2D eigenvalue weighted by atomic mass is 9.77. The summed E-state index contributed by atoms with van der Waals surface area (Å²) in [6.45, 7) is 3.93. The Kier molecular flexibility index (Phi) is 4.49. The molecule has 0 heteroatoms. The van der Waals surface area contributed by atoms with Gasteiger partial charge in [0.2, 0.25) is 0 Å². The van der Waals surface area contributed by atoms with Gasteiger partial charge in [-0.15, -0.1) is 6.58 Å². The summed E-state index contributed by atoms with van der Waals surface area (Å²) in [5.74, 6) is 0.806. The van der Waals surface area contributed by atoms with Gasteiger partial charge in [-0.2, -0.15) is 0 Å². The minimum absolute atomic E-state index is 0.344. The van der Waals surface area contributed by atoms with Crippen molar-refractivity contribution in [2.24, 2.45) is 0 Å². The average molecular weight is 362 g/mol. The van der Waals surface area contributed by atoms with Crippen LogP contribution in [0.25, 0.3) is 17.2 Å². The monoisotopic (exact) mass is 361 g/mol. The minimum Gasteiger partial charge on any atom is -0.103 e. The van der Waals surface area contributed by atoms with Crippen LogP contribution in [0.1, 0.15) is 58.9 Å². The molecule has 2 aliphatic carbocycles. The summed E-state index contributed by atoms with van der Waals surface area (Å²) in [5, 5.41) is 0. The van der Waals surface area contributed by atoms with Gasteiger partial charge in [0, 0.05) is 5.92 Å². The van der Waals surface area contributed by atoms with E-state index in [1.165, 1.54) is 51.8 Å². The van der Waals surface area contributed by atoms with Gasteiger partial charge in [0.15, 0.2) is 0 Å². The lowest BCUT2D eigenvalue weighted by molar-refractivity contribution is 0.543. The molecule has 2 atom stereocenters. The Balaban J connectivity index is 1.58. The number of rotatable bonds is 6. The molecule has 137 valence electrons. The van der Waals surface area contributed by atoms with E-state index >= 15 is 0 Å². The van der Waals surface area contributed by atoms with E-state index in [0.717, 1.165) is 12.8 Å². The van der Waals surface area contributed by atoms with Crippen molar-refractivity contribution in [3.05, 3.63) is 113 Å². The van der Waals surface area contributed by atoms with Crippen molar-refractivity contribution in [3.8, 4) is 11.1 Å². The van der Waals surface area contributed by atoms with Gasteiger partial charge < -0.3 is 0 Å². The summed E-state index contributed by atoms with van der Waals surface area (Å²) in [7, 11) is 0. The zero-order valence-corrected chi connectivity index (χ0v) is 16.2. The van der Waals surface area contributed by atoms with Crippen LogP contribution in [0.5, 0.6) is 0 Å². The highest BCUT2D eigenvalue weighted by molar-refractivity contribution is 5.78. The Bertz CT molecular complexity index is 1050. The highest BCUT2D eigenvalue weighted by atomic mass is 14.3. The molecule has 0 nitrogen and oxygen atoms in total. The highest BCUT2D eigenvalue weighted by Gasteiger charge is 2.31. The lowest BCUT2D eigenvalue weighted by Gasteiger charge is -2.26. The summed E-state index contributed by atoms with van der Waals surface area (Å²) in [6, 6.07) is 24.6. The molecule has 0 saturated carbocycles. The fraction of sp³-hybridized carbons (Fsp3) is 0.214. The molecule has 0 heterocycles. The van der Waals surface area contributed by atoms with E-state index in [1.807, 2.05) is 6.08 Å². The van der Waals surface area contributed by atoms with Crippen LogP contribution in [-0.4, -0.2) is 0 Å². The molecule has 5 rings (SSSR count). The summed E-state index contributed by atoms with van der Waals surface area (Å²) < 4.78 is 0. The second-order valence-corrected chi connectivity index (χ2v) is 7.95. The third kappa shape index (κ3) is 2.85. The molecule has 0 fully saturated rings. The molecule has 2 unspecified atom stereocenters. The van der Waals surface area contributed by atoms with E-state index < -0.39 is 0 Å². The van der Waals surface area contributed by atoms with Crippen LogP contribution in [-0.2, 0) is 6.42 Å². The molecule has 0 bridgehead atoms. The van der Waals surface area contributed by atoms with E-state index in [2.05, 4.69) is 85.5 Å². The topological polar surface area (TPSA) is 0 Å². The molecular weight excluding hydrogens is 336 g/mol. The SMILES string of the molecule is C=CCCCC(c1cccc2c1Cc1ccccc1-2)C1[C]=Cc2ccccc21. The third-order valence-electron chi connectivity index (χ3n) is 6.36. The molecule has 0 N–H and O–H groups in total. The molecule has 3 aromatic carbocycles. The van der Waals surface area contributed by atoms with E-state index in [4.69, 9.17) is 0 Å². The first-order valence-corrected chi connectivity index (χ1v) is 10.4. The van der Waals surface area contributed by atoms with Crippen molar-refractivity contribution in [2.45, 2.75) is 37.5 Å². The number of hydrogen-bond acceptors (Lipinski definition) is 0. The van der Waals surface area contributed by atoms with Crippen LogP contribution >= 0.6 is 0 Å². The van der Waals surface area contributed by atoms with Gasteiger partial charge >= 0.3 is 0 Å². The quantitative estimate of drug-likeness (QED) is 0.249. The first-order valence-electron chi connectivity index (χ1n) is 10.4. The Morgan fingerprint density at radius 3 is 2.71 bits per heavy atom. The maximum atomic E-state index is 3.93. The molecule has 0 aromatic heterocycles. The fourth-order valence-electron chi connectivity index (χ4n) is 5.04. The Morgan fingerprint density at radius 2 is 1.79 bits per heavy atom. The highest BCUT2D eigenvalue weighted by Crippen LogP contribution is 2.47. The van der Waals surface area contributed by atoms with Gasteiger partial charge in [-0.1, -0.05) is 78.9 Å². The summed E-state index contributed by atoms with van der Waals surface area (Å²) in [5.41, 5.74) is 10.1. The minimum atomic E-state index is 0.344. The van der Waals surface area contributed by atoms with Crippen molar-refractivity contribution in [1.82, 2.24) is 0 Å². The second-order valence-electron chi connectivity index (χ2n) is 7.95. The predicted octanol–water partition coefficient (Wildman–Crippen LogP) is 7.31. The molecule has 2 aliphatic rings. The van der Waals surface area contributed by atoms with E-state index in [1.54, 1.807) is 0 Å². The standard InChI is InChI=1S/C28H25/c1-2-3-4-14-25(27-18-17-20-10-5-7-12-22(20)27)26-16-9-15-24-23-13-8-6-11-21(23)19-28(24)26/h2,5-13,15-17,25,27H,1,3-4,14,19H2. The van der Waals surface area contributed by atoms with Crippen LogP contribution in [0.3, 0.4) is 0 Å². The molecule has 0 saturated heterocycles. The third-order valence-corrected chi connectivity index (χ3v) is 6.36. The van der Waals surface area contributed by atoms with E-state index in [9.17, 15) is 0 Å². The summed E-state index contributed by atoms with van der Waals surface area (Å²) in [4.78, 5) is 0. The van der Waals surface area contributed by atoms with Crippen LogP contribution in [0.15, 0.2) is 79.4 Å². The molecular formula is C28H25. The van der Waals surface area contributed by atoms with Gasteiger partial charge in [-0.25, -0.2) is 0 Å². The fourth-order valence-corrected chi connectivity index (χ4v) is 5.04. The lowest BCUT2D eigenvalue weighted by Crippen LogP contribution is -2.11. The van der Waals surface area contributed by atoms with E-state index in [0.29, 0.717) is 11.8 Å². The number of hydrogen-bond donors (Lipinski definition) is 0. The van der Waals surface area contributed by atoms with Crippen LogP contribution in [0, 0.1) is 6.08 Å². The van der Waals surface area contributed by atoms with Crippen LogP contribution < -0.4 is 0 Å². The molecule has 3 aromatic rings. The average Bonchev–Trinajstić information content (AvgIpc) is 3.33. The van der Waals surface area contributed by atoms with Crippen molar-refractivity contribution in [2.75, 3.05) is 0 Å². The molecule has 0 amide bonds. The van der Waals surface area contributed by atoms with Crippen molar-refractivity contribution >= 4 is 6.08 Å². The van der Waals surface area contributed by atoms with Gasteiger partial charge in [-0.05, 0) is 76.6 Å². The van der Waals surface area contributed by atoms with Crippen molar-refractivity contribution in [3.63, 3.8) is 0 Å².